The molecule has 0 aliphatic carbocycles. The lowest BCUT2D eigenvalue weighted by Crippen LogP contribution is -2.50. The Balaban J connectivity index is 1.41. The Morgan fingerprint density at radius 1 is 1.03 bits per heavy atom. The first-order valence-corrected chi connectivity index (χ1v) is 14.3. The van der Waals surface area contributed by atoms with Crippen molar-refractivity contribution in [1.29, 1.82) is 0 Å². The van der Waals surface area contributed by atoms with Crippen LogP contribution in [0.2, 0.25) is 0 Å². The molecule has 36 heavy (non-hydrogen) atoms. The molecule has 9 nitrogen and oxygen atoms in total. The van der Waals surface area contributed by atoms with E-state index in [-0.39, 0.29) is 0 Å². The molecule has 2 heterocycles. The Kier molecular flexibility index (Phi) is 8.22. The highest BCUT2D eigenvalue weighted by Gasteiger charge is 2.27. The van der Waals surface area contributed by atoms with Gasteiger partial charge in [0.05, 0.1) is 16.8 Å². The molecule has 4 rings (SSSR count). The van der Waals surface area contributed by atoms with Crippen molar-refractivity contribution in [1.82, 2.24) is 9.47 Å². The Morgan fingerprint density at radius 3 is 2.44 bits per heavy atom. The first kappa shape index (κ1) is 26.1. The van der Waals surface area contributed by atoms with Crippen molar-refractivity contribution in [2.45, 2.75) is 13.5 Å². The second-order valence-electron chi connectivity index (χ2n) is 8.74. The van der Waals surface area contributed by atoms with Gasteiger partial charge in [0.15, 0.2) is 14.6 Å². The number of thiazole rings is 1. The molecule has 0 bridgehead atoms. The number of fused-ring (bicyclic) bond motifs is 1. The number of aromatic nitrogens is 1. The number of benzene rings is 2. The topological polar surface area (TPSA) is 101 Å². The number of piperazine rings is 1. The van der Waals surface area contributed by atoms with Crippen molar-refractivity contribution in [2.75, 3.05) is 56.3 Å². The second kappa shape index (κ2) is 11.4. The Morgan fingerprint density at radius 2 is 1.75 bits per heavy atom. The maximum absolute atomic E-state index is 12.7. The van der Waals surface area contributed by atoms with Gasteiger partial charge in [0.2, 0.25) is 5.91 Å². The number of para-hydroxylation sites is 1. The Hall–Kier alpha value is -3.02. The average molecular weight is 531 g/mol. The molecule has 0 N–H and O–H groups in total. The van der Waals surface area contributed by atoms with Gasteiger partial charge in [-0.2, -0.15) is 4.99 Å². The van der Waals surface area contributed by atoms with Crippen molar-refractivity contribution in [2.24, 2.45) is 4.99 Å². The monoisotopic (exact) mass is 530 g/mol. The number of amides is 2. The number of rotatable bonds is 8. The summed E-state index contributed by atoms with van der Waals surface area (Å²) < 4.78 is 33.3. The van der Waals surface area contributed by atoms with Crippen LogP contribution < -0.4 is 9.70 Å². The minimum absolute atomic E-state index is 0.413. The Labute approximate surface area is 214 Å². The zero-order valence-electron chi connectivity index (χ0n) is 20.4. The third kappa shape index (κ3) is 6.40. The molecule has 192 valence electrons. The molecule has 0 unspecified atom stereocenters. The van der Waals surface area contributed by atoms with Crippen LogP contribution in [0.15, 0.2) is 53.5 Å². The van der Waals surface area contributed by atoms with Crippen LogP contribution in [0.25, 0.3) is 10.2 Å². The number of ether oxygens (including phenoxy) is 1. The molecule has 1 saturated heterocycles. The van der Waals surface area contributed by atoms with Gasteiger partial charge in [-0.15, -0.1) is 0 Å². The molecule has 1 aliphatic rings. The highest BCUT2D eigenvalue weighted by molar-refractivity contribution is 7.92. The van der Waals surface area contributed by atoms with Crippen LogP contribution in [-0.2, 0) is 30.7 Å². The van der Waals surface area contributed by atoms with Crippen LogP contribution in [0.4, 0.5) is 5.69 Å². The summed E-state index contributed by atoms with van der Waals surface area (Å²) in [6.45, 7) is 4.99. The number of anilines is 1. The predicted molar refractivity (Wildman–Crippen MR) is 141 cm³/mol. The lowest BCUT2D eigenvalue weighted by atomic mass is 10.2. The predicted octanol–water partition coefficient (Wildman–Crippen LogP) is 1.85. The molecule has 0 spiro atoms. The largest absolute Gasteiger partial charge is 0.383 e. The molecular formula is C25H30N4O5S2. The molecule has 0 atom stereocenters. The van der Waals surface area contributed by atoms with E-state index in [0.29, 0.717) is 44.1 Å². The number of hydrogen-bond donors (Lipinski definition) is 0. The Bertz CT molecular complexity index is 1410. The highest BCUT2D eigenvalue weighted by atomic mass is 32.2. The van der Waals surface area contributed by atoms with Crippen molar-refractivity contribution < 1.29 is 22.7 Å². The number of carbonyl (C=O) groups is 2. The fourth-order valence-electron chi connectivity index (χ4n) is 4.17. The first-order valence-electron chi connectivity index (χ1n) is 11.7. The molecule has 11 heteroatoms. The van der Waals surface area contributed by atoms with E-state index < -0.39 is 33.2 Å². The minimum atomic E-state index is -3.96. The lowest BCUT2D eigenvalue weighted by Gasteiger charge is -2.36. The average Bonchev–Trinajstić information content (AvgIpc) is 3.18. The van der Waals surface area contributed by atoms with Crippen molar-refractivity contribution >= 4 is 48.9 Å². The van der Waals surface area contributed by atoms with Gasteiger partial charge < -0.3 is 19.1 Å². The normalized spacial score (nSPS) is 15.0. The molecule has 1 fully saturated rings. The van der Waals surface area contributed by atoms with E-state index in [1.807, 2.05) is 60.0 Å². The van der Waals surface area contributed by atoms with E-state index in [9.17, 15) is 18.0 Å². The maximum atomic E-state index is 12.7. The van der Waals surface area contributed by atoms with Crippen LogP contribution in [0.5, 0.6) is 0 Å². The molecule has 0 saturated carbocycles. The molecular weight excluding hydrogens is 500 g/mol. The van der Waals surface area contributed by atoms with Gasteiger partial charge in [0.1, 0.15) is 11.5 Å². The minimum Gasteiger partial charge on any atom is -0.383 e. The third-order valence-electron chi connectivity index (χ3n) is 6.02. The summed E-state index contributed by atoms with van der Waals surface area (Å²) in [5.74, 6) is -2.77. The number of carbonyl (C=O) groups excluding carboxylic acids is 2. The van der Waals surface area contributed by atoms with Crippen molar-refractivity contribution in [3.05, 3.63) is 58.9 Å². The molecule has 2 amide bonds. The molecule has 3 aromatic rings. The van der Waals surface area contributed by atoms with Gasteiger partial charge in [0, 0.05) is 45.5 Å². The quantitative estimate of drug-likeness (QED) is 0.441. The summed E-state index contributed by atoms with van der Waals surface area (Å²) in [7, 11) is -2.37. The zero-order chi connectivity index (χ0) is 25.7. The van der Waals surface area contributed by atoms with Gasteiger partial charge in [0.25, 0.3) is 5.91 Å². The number of hydrogen-bond acceptors (Lipinski definition) is 7. The number of nitrogens with zero attached hydrogens (tertiary/aromatic N) is 4. The van der Waals surface area contributed by atoms with Gasteiger partial charge in [-0.3, -0.25) is 9.59 Å². The van der Waals surface area contributed by atoms with E-state index in [4.69, 9.17) is 4.74 Å². The van der Waals surface area contributed by atoms with Gasteiger partial charge in [-0.25, -0.2) is 8.42 Å². The molecule has 0 radical (unpaired) electrons. The van der Waals surface area contributed by atoms with Crippen LogP contribution >= 0.6 is 11.3 Å². The summed E-state index contributed by atoms with van der Waals surface area (Å²) in [6.07, 6.45) is 0. The van der Waals surface area contributed by atoms with Crippen LogP contribution in [0.3, 0.4) is 0 Å². The summed E-state index contributed by atoms with van der Waals surface area (Å²) in [5.41, 5.74) is 3.05. The van der Waals surface area contributed by atoms with Gasteiger partial charge >= 0.3 is 0 Å². The SMILES string of the molecule is COCCn1c(=NC(=O)CS(=O)(=O)CC(=O)N2CCN(c3ccccc3)CC2)sc2cc(C)ccc21. The molecule has 1 aromatic heterocycles. The van der Waals surface area contributed by atoms with E-state index in [2.05, 4.69) is 9.89 Å². The van der Waals surface area contributed by atoms with Gasteiger partial charge in [-0.05, 0) is 36.8 Å². The molecule has 1 aliphatic heterocycles. The van der Waals surface area contributed by atoms with Crippen LogP contribution in [-0.4, -0.2) is 81.1 Å². The smallest absolute Gasteiger partial charge is 0.263 e. The third-order valence-corrected chi connectivity index (χ3v) is 8.43. The number of aryl methyl sites for hydroxylation is 1. The zero-order valence-corrected chi connectivity index (χ0v) is 22.1. The van der Waals surface area contributed by atoms with Crippen molar-refractivity contribution in [3.63, 3.8) is 0 Å². The summed E-state index contributed by atoms with van der Waals surface area (Å²) >= 11 is 1.32. The number of methoxy groups -OCH3 is 1. The summed E-state index contributed by atoms with van der Waals surface area (Å²) in [6, 6.07) is 15.8. The van der Waals surface area contributed by atoms with Crippen molar-refractivity contribution in [3.8, 4) is 0 Å². The van der Waals surface area contributed by atoms with Gasteiger partial charge in [-0.1, -0.05) is 35.6 Å². The first-order chi connectivity index (χ1) is 17.3. The second-order valence-corrected chi connectivity index (χ2v) is 11.8. The molecule has 2 aromatic carbocycles. The lowest BCUT2D eigenvalue weighted by molar-refractivity contribution is -0.128. The van der Waals surface area contributed by atoms with E-state index in [0.717, 1.165) is 21.5 Å². The standard InChI is InChI=1S/C25H30N4O5S2/c1-19-8-9-21-22(16-19)35-25(29(21)14-15-34-2)26-23(30)17-36(32,33)18-24(31)28-12-10-27(11-13-28)20-6-4-3-5-7-20/h3-9,16H,10-15,17-18H2,1-2H3. The summed E-state index contributed by atoms with van der Waals surface area (Å²) in [4.78, 5) is 33.6. The fourth-order valence-corrected chi connectivity index (χ4v) is 6.45. The van der Waals surface area contributed by atoms with E-state index >= 15 is 0 Å². The highest BCUT2D eigenvalue weighted by Crippen LogP contribution is 2.19. The van der Waals surface area contributed by atoms with Crippen LogP contribution in [0, 0.1) is 6.92 Å². The van der Waals surface area contributed by atoms with E-state index in [1.54, 1.807) is 12.0 Å². The van der Waals surface area contributed by atoms with Crippen LogP contribution in [0.1, 0.15) is 5.56 Å². The maximum Gasteiger partial charge on any atom is 0.263 e. The number of sulfone groups is 1. The van der Waals surface area contributed by atoms with E-state index in [1.165, 1.54) is 11.3 Å². The fraction of sp³-hybridized carbons (Fsp3) is 0.400. The summed E-state index contributed by atoms with van der Waals surface area (Å²) in [5, 5.41) is 0.